The van der Waals surface area contributed by atoms with E-state index in [-0.39, 0.29) is 10.9 Å². The number of rotatable bonds is 8. The molecule has 6 heteroatoms. The Balaban J connectivity index is 1.79. The molecule has 0 saturated heterocycles. The summed E-state index contributed by atoms with van der Waals surface area (Å²) in [6, 6.07) is 23.8. The van der Waals surface area contributed by atoms with E-state index in [2.05, 4.69) is 86.0 Å². The molecule has 0 aromatic heterocycles. The molecule has 184 valence electrons. The van der Waals surface area contributed by atoms with Crippen LogP contribution in [0.4, 0.5) is 5.69 Å². The maximum absolute atomic E-state index is 12.0. The summed E-state index contributed by atoms with van der Waals surface area (Å²) >= 11 is 0. The van der Waals surface area contributed by atoms with E-state index in [4.69, 9.17) is 0 Å². The topological polar surface area (TPSA) is 60.6 Å². The first-order chi connectivity index (χ1) is 16.6. The Morgan fingerprint density at radius 3 is 2.09 bits per heavy atom. The maximum Gasteiger partial charge on any atom is 0.294 e. The lowest BCUT2D eigenvalue weighted by Crippen LogP contribution is -2.30. The largest absolute Gasteiger partial charge is 0.294 e. The minimum atomic E-state index is -4.31. The lowest BCUT2D eigenvalue weighted by atomic mass is 9.92. The van der Waals surface area contributed by atoms with Crippen LogP contribution in [-0.4, -0.2) is 36.5 Å². The predicted molar refractivity (Wildman–Crippen MR) is 142 cm³/mol. The molecule has 1 heterocycles. The SMILES string of the molecule is CC(C)c1cccc(C(C)C)c1N1C=[N+](Cc2ccccc2S(=O)(=O)O)[C@@H](Cc2ccccc2)C1. The molecule has 0 spiro atoms. The summed E-state index contributed by atoms with van der Waals surface area (Å²) < 4.78 is 36.1. The fourth-order valence-electron chi connectivity index (χ4n) is 4.97. The Labute approximate surface area is 209 Å². The molecule has 1 N–H and O–H groups in total. The van der Waals surface area contributed by atoms with Crippen molar-refractivity contribution in [3.63, 3.8) is 0 Å². The normalized spacial score (nSPS) is 16.3. The van der Waals surface area contributed by atoms with Gasteiger partial charge in [-0.2, -0.15) is 8.42 Å². The highest BCUT2D eigenvalue weighted by Gasteiger charge is 2.35. The molecule has 1 aliphatic heterocycles. The molecule has 3 aromatic rings. The van der Waals surface area contributed by atoms with Crippen molar-refractivity contribution in [3.8, 4) is 0 Å². The van der Waals surface area contributed by atoms with Crippen molar-refractivity contribution in [3.05, 3.63) is 95.1 Å². The second-order valence-electron chi connectivity index (χ2n) is 9.96. The lowest BCUT2D eigenvalue weighted by Gasteiger charge is -2.21. The predicted octanol–water partition coefficient (Wildman–Crippen LogP) is 5.85. The minimum Gasteiger partial charge on any atom is -0.282 e. The van der Waals surface area contributed by atoms with Crippen molar-refractivity contribution in [2.24, 2.45) is 0 Å². The van der Waals surface area contributed by atoms with E-state index in [1.54, 1.807) is 12.1 Å². The van der Waals surface area contributed by atoms with Crippen LogP contribution in [0.25, 0.3) is 0 Å². The number of nitrogens with zero attached hydrogens (tertiary/aromatic N) is 2. The summed E-state index contributed by atoms with van der Waals surface area (Å²) in [6.45, 7) is 10.1. The molecular weight excluding hydrogens is 456 g/mol. The third-order valence-corrected chi connectivity index (χ3v) is 7.67. The minimum absolute atomic E-state index is 0.0317. The molecule has 0 bridgehead atoms. The zero-order valence-electron chi connectivity index (χ0n) is 20.9. The molecule has 0 unspecified atom stereocenters. The third-order valence-electron chi connectivity index (χ3n) is 6.71. The Kier molecular flexibility index (Phi) is 7.43. The van der Waals surface area contributed by atoms with Crippen molar-refractivity contribution < 1.29 is 17.5 Å². The van der Waals surface area contributed by atoms with E-state index < -0.39 is 10.1 Å². The van der Waals surface area contributed by atoms with Gasteiger partial charge in [-0.3, -0.25) is 9.13 Å². The van der Waals surface area contributed by atoms with Crippen molar-refractivity contribution in [1.82, 2.24) is 0 Å². The monoisotopic (exact) mass is 491 g/mol. The smallest absolute Gasteiger partial charge is 0.282 e. The molecular formula is C29H35N2O3S+. The summed E-state index contributed by atoms with van der Waals surface area (Å²) in [6.07, 6.45) is 2.98. The van der Waals surface area contributed by atoms with Gasteiger partial charge in [-0.15, -0.1) is 0 Å². The van der Waals surface area contributed by atoms with Gasteiger partial charge in [0.15, 0.2) is 0 Å². The van der Waals surface area contributed by atoms with Crippen molar-refractivity contribution in [2.75, 3.05) is 11.4 Å². The van der Waals surface area contributed by atoms with Crippen LogP contribution in [0.1, 0.15) is 61.8 Å². The van der Waals surface area contributed by atoms with Crippen LogP contribution in [0.3, 0.4) is 0 Å². The molecule has 1 atom stereocenters. The fourth-order valence-corrected chi connectivity index (χ4v) is 5.68. The first-order valence-corrected chi connectivity index (χ1v) is 13.7. The van der Waals surface area contributed by atoms with Gasteiger partial charge in [-0.25, -0.2) is 4.90 Å². The van der Waals surface area contributed by atoms with Crippen LogP contribution >= 0.6 is 0 Å². The van der Waals surface area contributed by atoms with Gasteiger partial charge in [0.1, 0.15) is 29.7 Å². The molecule has 5 nitrogen and oxygen atoms in total. The molecule has 35 heavy (non-hydrogen) atoms. The number of anilines is 1. The highest BCUT2D eigenvalue weighted by atomic mass is 32.2. The maximum atomic E-state index is 12.0. The Morgan fingerprint density at radius 2 is 1.49 bits per heavy atom. The van der Waals surface area contributed by atoms with E-state index in [1.807, 2.05) is 12.1 Å². The van der Waals surface area contributed by atoms with Crippen LogP contribution in [0.5, 0.6) is 0 Å². The second-order valence-corrected chi connectivity index (χ2v) is 11.4. The van der Waals surface area contributed by atoms with Crippen molar-refractivity contribution in [2.45, 2.75) is 63.4 Å². The van der Waals surface area contributed by atoms with Crippen LogP contribution in [0.15, 0.2) is 77.7 Å². The molecule has 0 saturated carbocycles. The average molecular weight is 492 g/mol. The van der Waals surface area contributed by atoms with Crippen LogP contribution in [0, 0.1) is 0 Å². The number of benzene rings is 3. The van der Waals surface area contributed by atoms with Crippen molar-refractivity contribution in [1.29, 1.82) is 0 Å². The van der Waals surface area contributed by atoms with Crippen LogP contribution in [-0.2, 0) is 23.1 Å². The molecule has 0 fully saturated rings. The quantitative estimate of drug-likeness (QED) is 0.317. The Morgan fingerprint density at radius 1 is 0.886 bits per heavy atom. The van der Waals surface area contributed by atoms with Gasteiger partial charge in [-0.1, -0.05) is 94.4 Å². The standard InChI is InChI=1S/C29H34N2O3S/c1-21(2)26-14-10-15-27(22(3)4)29(26)31-19-25(17-23-11-6-5-7-12-23)30(20-31)18-24-13-8-9-16-28(24)35(32,33)34/h5-16,20-22,25H,17-19H2,1-4H3/p+1/t25-/m0/s1. The van der Waals surface area contributed by atoms with Gasteiger partial charge in [0.05, 0.1) is 0 Å². The summed E-state index contributed by atoms with van der Waals surface area (Å²) in [7, 11) is -4.31. The van der Waals surface area contributed by atoms with Gasteiger partial charge >= 0.3 is 0 Å². The highest BCUT2D eigenvalue weighted by molar-refractivity contribution is 7.85. The Hall–Kier alpha value is -2.96. The fraction of sp³-hybridized carbons (Fsp3) is 0.345. The van der Waals surface area contributed by atoms with E-state index in [1.165, 1.54) is 28.4 Å². The zero-order valence-corrected chi connectivity index (χ0v) is 21.7. The van der Waals surface area contributed by atoms with E-state index in [0.29, 0.717) is 23.9 Å². The molecule has 4 rings (SSSR count). The van der Waals surface area contributed by atoms with E-state index in [0.717, 1.165) is 13.0 Å². The summed E-state index contributed by atoms with van der Waals surface area (Å²) in [5, 5.41) is 0. The third kappa shape index (κ3) is 5.65. The number of hydrogen-bond donors (Lipinski definition) is 1. The van der Waals surface area contributed by atoms with Crippen LogP contribution in [0.2, 0.25) is 0 Å². The van der Waals surface area contributed by atoms with Gasteiger partial charge in [0.2, 0.25) is 6.34 Å². The summed E-state index contributed by atoms with van der Waals surface area (Å²) in [4.78, 5) is 2.31. The van der Waals surface area contributed by atoms with Gasteiger partial charge in [-0.05, 0) is 23.5 Å². The average Bonchev–Trinajstić information content (AvgIpc) is 3.20. The number of hydrogen-bond acceptors (Lipinski definition) is 3. The van der Waals surface area contributed by atoms with Crippen LogP contribution < -0.4 is 4.90 Å². The van der Waals surface area contributed by atoms with E-state index in [9.17, 15) is 13.0 Å². The molecule has 1 aliphatic rings. The lowest BCUT2D eigenvalue weighted by molar-refractivity contribution is -0.567. The molecule has 0 amide bonds. The second kappa shape index (κ2) is 10.3. The van der Waals surface area contributed by atoms with Crippen molar-refractivity contribution >= 4 is 22.1 Å². The molecule has 0 radical (unpaired) electrons. The van der Waals surface area contributed by atoms with E-state index >= 15 is 0 Å². The molecule has 0 aliphatic carbocycles. The van der Waals surface area contributed by atoms with Gasteiger partial charge in [0, 0.05) is 23.1 Å². The first kappa shape index (κ1) is 25.1. The zero-order chi connectivity index (χ0) is 25.2. The first-order valence-electron chi connectivity index (χ1n) is 12.2. The highest BCUT2D eigenvalue weighted by Crippen LogP contribution is 2.36. The number of para-hydroxylation sites is 1. The van der Waals surface area contributed by atoms with Gasteiger partial charge < -0.3 is 0 Å². The molecule has 3 aromatic carbocycles. The van der Waals surface area contributed by atoms with Gasteiger partial charge in [0.25, 0.3) is 10.1 Å². The summed E-state index contributed by atoms with van der Waals surface area (Å²) in [5.74, 6) is 0.748. The Bertz CT molecular complexity index is 1290. The summed E-state index contributed by atoms with van der Waals surface area (Å²) in [5.41, 5.74) is 5.70.